The van der Waals surface area contributed by atoms with Crippen molar-refractivity contribution in [1.82, 2.24) is 15.1 Å². The number of ether oxygens (including phenoxy) is 1. The van der Waals surface area contributed by atoms with Crippen molar-refractivity contribution in [2.24, 2.45) is 5.92 Å². The van der Waals surface area contributed by atoms with Crippen LogP contribution in [-0.4, -0.2) is 61.3 Å². The second kappa shape index (κ2) is 8.06. The number of carbonyl (C=O) groups is 1. The van der Waals surface area contributed by atoms with Gasteiger partial charge in [0.05, 0.1) is 12.6 Å². The average molecular weight is 364 g/mol. The predicted octanol–water partition coefficient (Wildman–Crippen LogP) is 3.10. The van der Waals surface area contributed by atoms with Crippen LogP contribution in [-0.2, 0) is 4.74 Å². The Labute approximate surface area is 154 Å². The number of hydrogen-bond donors (Lipinski definition) is 1. The fourth-order valence-electron chi connectivity index (χ4n) is 4.02. The van der Waals surface area contributed by atoms with Gasteiger partial charge in [0.25, 0.3) is 0 Å². The Hall–Kier alpha value is -1.11. The standard InChI is InChI=1S/C19H29N3O2S/c23-19(22(16-5-6-16)13-15-7-10-24-14-15)20-12-17(18-4-3-11-25-18)21-8-1-2-9-21/h3-4,11,15-17H,1-2,5-10,12-14H2,(H,20,23). The molecule has 25 heavy (non-hydrogen) atoms. The van der Waals surface area contributed by atoms with E-state index in [0.717, 1.165) is 52.1 Å². The highest BCUT2D eigenvalue weighted by molar-refractivity contribution is 7.10. The van der Waals surface area contributed by atoms with E-state index in [4.69, 9.17) is 4.74 Å². The zero-order valence-corrected chi connectivity index (χ0v) is 15.7. The van der Waals surface area contributed by atoms with Crippen LogP contribution in [0.1, 0.15) is 43.0 Å². The summed E-state index contributed by atoms with van der Waals surface area (Å²) in [6.07, 6.45) is 5.93. The molecule has 5 nitrogen and oxygen atoms in total. The van der Waals surface area contributed by atoms with Gasteiger partial charge in [-0.15, -0.1) is 11.3 Å². The lowest BCUT2D eigenvalue weighted by molar-refractivity contribution is 0.159. The molecule has 1 saturated carbocycles. The first-order valence-electron chi connectivity index (χ1n) is 9.71. The molecule has 2 amide bonds. The average Bonchev–Trinajstić information content (AvgIpc) is 3.11. The lowest BCUT2D eigenvalue weighted by Crippen LogP contribution is -2.46. The minimum atomic E-state index is 0.121. The molecule has 3 aliphatic rings. The Morgan fingerprint density at radius 2 is 2.20 bits per heavy atom. The van der Waals surface area contributed by atoms with Gasteiger partial charge in [0.1, 0.15) is 0 Å². The van der Waals surface area contributed by atoms with Crippen molar-refractivity contribution in [1.29, 1.82) is 0 Å². The van der Waals surface area contributed by atoms with Crippen LogP contribution < -0.4 is 5.32 Å². The van der Waals surface area contributed by atoms with Gasteiger partial charge in [-0.2, -0.15) is 0 Å². The van der Waals surface area contributed by atoms with Gasteiger partial charge < -0.3 is 15.0 Å². The van der Waals surface area contributed by atoms with Crippen LogP contribution in [0.15, 0.2) is 17.5 Å². The lowest BCUT2D eigenvalue weighted by Gasteiger charge is -2.30. The summed E-state index contributed by atoms with van der Waals surface area (Å²) in [6, 6.07) is 5.21. The largest absolute Gasteiger partial charge is 0.381 e. The topological polar surface area (TPSA) is 44.8 Å². The predicted molar refractivity (Wildman–Crippen MR) is 99.9 cm³/mol. The van der Waals surface area contributed by atoms with E-state index in [1.165, 1.54) is 17.7 Å². The van der Waals surface area contributed by atoms with Crippen LogP contribution in [0.4, 0.5) is 4.79 Å². The van der Waals surface area contributed by atoms with E-state index >= 15 is 0 Å². The highest BCUT2D eigenvalue weighted by Crippen LogP contribution is 2.30. The number of rotatable bonds is 7. The molecule has 3 heterocycles. The number of hydrogen-bond acceptors (Lipinski definition) is 4. The summed E-state index contributed by atoms with van der Waals surface area (Å²) >= 11 is 1.80. The second-order valence-electron chi connectivity index (χ2n) is 7.57. The molecule has 1 aromatic heterocycles. The first kappa shape index (κ1) is 17.3. The molecule has 3 fully saturated rings. The molecule has 4 rings (SSSR count). The van der Waals surface area contributed by atoms with Gasteiger partial charge in [-0.05, 0) is 56.6 Å². The van der Waals surface area contributed by atoms with Gasteiger partial charge in [0.2, 0.25) is 0 Å². The van der Waals surface area contributed by atoms with Crippen LogP contribution in [0.2, 0.25) is 0 Å². The SMILES string of the molecule is O=C(NCC(c1cccs1)N1CCCC1)N(CC1CCOC1)C1CC1. The van der Waals surface area contributed by atoms with Gasteiger partial charge in [0, 0.05) is 36.5 Å². The first-order valence-corrected chi connectivity index (χ1v) is 10.6. The summed E-state index contributed by atoms with van der Waals surface area (Å²) in [6.45, 7) is 5.50. The third kappa shape index (κ3) is 4.36. The molecule has 2 atom stereocenters. The molecular formula is C19H29N3O2S. The second-order valence-corrected chi connectivity index (χ2v) is 8.55. The number of nitrogens with zero attached hydrogens (tertiary/aromatic N) is 2. The van der Waals surface area contributed by atoms with Crippen LogP contribution in [0, 0.1) is 5.92 Å². The molecule has 1 aliphatic carbocycles. The van der Waals surface area contributed by atoms with Crippen molar-refractivity contribution in [2.75, 3.05) is 39.4 Å². The molecule has 1 N–H and O–H groups in total. The number of likely N-dealkylation sites (tertiary alicyclic amines) is 1. The molecule has 1 aromatic rings. The van der Waals surface area contributed by atoms with Gasteiger partial charge in [-0.1, -0.05) is 6.07 Å². The molecule has 2 aliphatic heterocycles. The molecule has 0 spiro atoms. The highest BCUT2D eigenvalue weighted by Gasteiger charge is 2.35. The van der Waals surface area contributed by atoms with E-state index in [1.807, 2.05) is 0 Å². The van der Waals surface area contributed by atoms with Crippen LogP contribution >= 0.6 is 11.3 Å². The molecule has 6 heteroatoms. The number of nitrogens with one attached hydrogen (secondary N) is 1. The van der Waals surface area contributed by atoms with Crippen LogP contribution in [0.25, 0.3) is 0 Å². The molecule has 138 valence electrons. The Bertz CT molecular complexity index is 549. The van der Waals surface area contributed by atoms with Crippen molar-refractivity contribution in [3.05, 3.63) is 22.4 Å². The molecule has 0 radical (unpaired) electrons. The number of carbonyl (C=O) groups excluding carboxylic acids is 1. The summed E-state index contributed by atoms with van der Waals surface area (Å²) in [5.74, 6) is 0.512. The fraction of sp³-hybridized carbons (Fsp3) is 0.737. The van der Waals surface area contributed by atoms with E-state index in [1.54, 1.807) is 11.3 Å². The maximum Gasteiger partial charge on any atom is 0.317 e. The van der Waals surface area contributed by atoms with Crippen LogP contribution in [0.5, 0.6) is 0 Å². The summed E-state index contributed by atoms with van der Waals surface area (Å²) in [5.41, 5.74) is 0. The summed E-state index contributed by atoms with van der Waals surface area (Å²) in [5, 5.41) is 5.39. The van der Waals surface area contributed by atoms with Crippen molar-refractivity contribution < 1.29 is 9.53 Å². The van der Waals surface area contributed by atoms with E-state index < -0.39 is 0 Å². The minimum absolute atomic E-state index is 0.121. The van der Waals surface area contributed by atoms with Gasteiger partial charge in [0.15, 0.2) is 0 Å². The van der Waals surface area contributed by atoms with Gasteiger partial charge >= 0.3 is 6.03 Å². The Kier molecular flexibility index (Phi) is 5.58. The lowest BCUT2D eigenvalue weighted by atomic mass is 10.1. The quantitative estimate of drug-likeness (QED) is 0.810. The Morgan fingerprint density at radius 3 is 2.84 bits per heavy atom. The minimum Gasteiger partial charge on any atom is -0.381 e. The normalized spacial score (nSPS) is 25.2. The molecule has 2 saturated heterocycles. The Morgan fingerprint density at radius 1 is 1.36 bits per heavy atom. The first-order chi connectivity index (χ1) is 12.3. The third-order valence-corrected chi connectivity index (χ3v) is 6.60. The summed E-state index contributed by atoms with van der Waals surface area (Å²) in [4.78, 5) is 18.8. The molecular weight excluding hydrogens is 334 g/mol. The van der Waals surface area contributed by atoms with Crippen molar-refractivity contribution in [3.63, 3.8) is 0 Å². The maximum absolute atomic E-state index is 12.9. The van der Waals surface area contributed by atoms with E-state index in [9.17, 15) is 4.79 Å². The number of amides is 2. The monoisotopic (exact) mass is 363 g/mol. The van der Waals surface area contributed by atoms with E-state index in [0.29, 0.717) is 24.5 Å². The summed E-state index contributed by atoms with van der Waals surface area (Å²) < 4.78 is 5.49. The van der Waals surface area contributed by atoms with Crippen molar-refractivity contribution in [3.8, 4) is 0 Å². The molecule has 0 aromatic carbocycles. The maximum atomic E-state index is 12.9. The van der Waals surface area contributed by atoms with Crippen molar-refractivity contribution in [2.45, 2.75) is 44.2 Å². The zero-order valence-electron chi connectivity index (χ0n) is 14.9. The molecule has 0 bridgehead atoms. The van der Waals surface area contributed by atoms with E-state index in [2.05, 4.69) is 32.6 Å². The summed E-state index contributed by atoms with van der Waals surface area (Å²) in [7, 11) is 0. The third-order valence-electron chi connectivity index (χ3n) is 5.63. The van der Waals surface area contributed by atoms with Crippen molar-refractivity contribution >= 4 is 17.4 Å². The van der Waals surface area contributed by atoms with Gasteiger partial charge in [-0.25, -0.2) is 4.79 Å². The number of thiophene rings is 1. The zero-order chi connectivity index (χ0) is 17.1. The fourth-order valence-corrected chi connectivity index (χ4v) is 4.88. The highest BCUT2D eigenvalue weighted by atomic mass is 32.1. The number of urea groups is 1. The smallest absolute Gasteiger partial charge is 0.317 e. The Balaban J connectivity index is 1.36. The van der Waals surface area contributed by atoms with Gasteiger partial charge in [-0.3, -0.25) is 4.90 Å². The molecule has 2 unspecified atom stereocenters. The van der Waals surface area contributed by atoms with E-state index in [-0.39, 0.29) is 6.03 Å². The van der Waals surface area contributed by atoms with Crippen LogP contribution in [0.3, 0.4) is 0 Å².